The largest absolute Gasteiger partial charge is 0.493 e. The average Bonchev–Trinajstić information content (AvgIpc) is 2.51. The van der Waals surface area contributed by atoms with Crippen LogP contribution in [0.2, 0.25) is 5.02 Å². The molecule has 2 aromatic carbocycles. The number of hydrogen-bond donors (Lipinski definition) is 1. The highest BCUT2D eigenvalue weighted by molar-refractivity contribution is 6.30. The van der Waals surface area contributed by atoms with E-state index in [0.717, 1.165) is 40.9 Å². The van der Waals surface area contributed by atoms with Crippen molar-refractivity contribution in [2.75, 3.05) is 25.1 Å². The molecule has 0 aliphatic carbocycles. The molecule has 0 saturated heterocycles. The first-order chi connectivity index (χ1) is 11.0. The van der Waals surface area contributed by atoms with Gasteiger partial charge in [0.05, 0.1) is 6.61 Å². The Morgan fingerprint density at radius 3 is 2.65 bits per heavy atom. The summed E-state index contributed by atoms with van der Waals surface area (Å²) in [6, 6.07) is 13.6. The number of ether oxygens (including phenoxy) is 2. The van der Waals surface area contributed by atoms with Crippen LogP contribution in [0.25, 0.3) is 0 Å². The third-order valence-electron chi connectivity index (χ3n) is 3.24. The van der Waals surface area contributed by atoms with Crippen molar-refractivity contribution in [1.29, 1.82) is 0 Å². The highest BCUT2D eigenvalue weighted by Gasteiger charge is 2.01. The van der Waals surface area contributed by atoms with Crippen LogP contribution >= 0.6 is 11.6 Å². The Kier molecular flexibility index (Phi) is 6.60. The number of nitrogens with one attached hydrogen (secondary N) is 1. The van der Waals surface area contributed by atoms with Crippen molar-refractivity contribution in [3.05, 3.63) is 53.1 Å². The van der Waals surface area contributed by atoms with Gasteiger partial charge in [-0.2, -0.15) is 0 Å². The van der Waals surface area contributed by atoms with Crippen molar-refractivity contribution in [1.82, 2.24) is 0 Å². The number of aryl methyl sites for hydroxylation is 1. The zero-order chi connectivity index (χ0) is 16.7. The van der Waals surface area contributed by atoms with Gasteiger partial charge in [-0.15, -0.1) is 0 Å². The van der Waals surface area contributed by atoms with Crippen LogP contribution in [-0.4, -0.2) is 19.8 Å². The molecule has 0 amide bonds. The van der Waals surface area contributed by atoms with E-state index in [2.05, 4.69) is 19.2 Å². The third-order valence-corrected chi connectivity index (χ3v) is 3.48. The van der Waals surface area contributed by atoms with Crippen molar-refractivity contribution < 1.29 is 9.47 Å². The number of halogens is 1. The number of rotatable bonds is 8. The molecule has 0 aliphatic rings. The van der Waals surface area contributed by atoms with Crippen molar-refractivity contribution in [3.63, 3.8) is 0 Å². The van der Waals surface area contributed by atoms with E-state index in [9.17, 15) is 0 Å². The van der Waals surface area contributed by atoms with Crippen LogP contribution in [0, 0.1) is 12.8 Å². The van der Waals surface area contributed by atoms with Gasteiger partial charge in [-0.1, -0.05) is 31.5 Å². The van der Waals surface area contributed by atoms with E-state index in [1.165, 1.54) is 0 Å². The lowest BCUT2D eigenvalue weighted by molar-refractivity contribution is 0.271. The lowest BCUT2D eigenvalue weighted by Gasteiger charge is -2.12. The van der Waals surface area contributed by atoms with Gasteiger partial charge in [0.1, 0.15) is 18.1 Å². The minimum absolute atomic E-state index is 0.516. The molecule has 23 heavy (non-hydrogen) atoms. The van der Waals surface area contributed by atoms with Crippen LogP contribution < -0.4 is 14.8 Å². The molecule has 0 spiro atoms. The zero-order valence-corrected chi connectivity index (χ0v) is 14.7. The zero-order valence-electron chi connectivity index (χ0n) is 13.9. The molecule has 0 radical (unpaired) electrons. The normalized spacial score (nSPS) is 10.7. The summed E-state index contributed by atoms with van der Waals surface area (Å²) in [7, 11) is 0. The van der Waals surface area contributed by atoms with Gasteiger partial charge in [-0.3, -0.25) is 0 Å². The Labute approximate surface area is 143 Å². The molecular weight excluding hydrogens is 310 g/mol. The number of hydrogen-bond acceptors (Lipinski definition) is 3. The summed E-state index contributed by atoms with van der Waals surface area (Å²) in [5, 5.41) is 4.07. The van der Waals surface area contributed by atoms with Gasteiger partial charge >= 0.3 is 0 Å². The first-order valence-corrected chi connectivity index (χ1v) is 8.28. The molecule has 4 heteroatoms. The number of benzene rings is 2. The highest BCUT2D eigenvalue weighted by Crippen LogP contribution is 2.22. The van der Waals surface area contributed by atoms with E-state index in [0.29, 0.717) is 12.5 Å². The van der Waals surface area contributed by atoms with Crippen molar-refractivity contribution in [2.45, 2.75) is 20.8 Å². The second-order valence-electron chi connectivity index (χ2n) is 5.92. The van der Waals surface area contributed by atoms with E-state index >= 15 is 0 Å². The lowest BCUT2D eigenvalue weighted by atomic mass is 10.2. The second-order valence-corrected chi connectivity index (χ2v) is 6.35. The smallest absolute Gasteiger partial charge is 0.122 e. The van der Waals surface area contributed by atoms with Gasteiger partial charge in [0.25, 0.3) is 0 Å². The van der Waals surface area contributed by atoms with Crippen LogP contribution in [0.15, 0.2) is 42.5 Å². The Bertz CT molecular complexity index is 629. The fourth-order valence-electron chi connectivity index (χ4n) is 2.09. The molecule has 0 unspecified atom stereocenters. The molecule has 0 bridgehead atoms. The molecule has 0 heterocycles. The minimum atomic E-state index is 0.516. The molecule has 2 aromatic rings. The molecule has 0 fully saturated rings. The fourth-order valence-corrected chi connectivity index (χ4v) is 2.32. The monoisotopic (exact) mass is 333 g/mol. The number of anilines is 1. The Hall–Kier alpha value is -1.87. The Balaban J connectivity index is 1.78. The summed E-state index contributed by atoms with van der Waals surface area (Å²) in [6.07, 6.45) is 0. The molecule has 0 atom stereocenters. The van der Waals surface area contributed by atoms with Gasteiger partial charge in [0, 0.05) is 23.3 Å². The SMILES string of the molecule is Cc1cc(Cl)ccc1OCCNc1cccc(OCC(C)C)c1. The predicted molar refractivity (Wildman–Crippen MR) is 96.9 cm³/mol. The summed E-state index contributed by atoms with van der Waals surface area (Å²) in [5.41, 5.74) is 2.07. The lowest BCUT2D eigenvalue weighted by Crippen LogP contribution is -2.12. The standard InChI is InChI=1S/C19H24ClNO2/c1-14(2)13-23-18-6-4-5-17(12-18)21-9-10-22-19-8-7-16(20)11-15(19)3/h4-8,11-12,14,21H,9-10,13H2,1-3H3. The molecule has 0 aromatic heterocycles. The summed E-state index contributed by atoms with van der Waals surface area (Å²) >= 11 is 5.94. The van der Waals surface area contributed by atoms with E-state index < -0.39 is 0 Å². The summed E-state index contributed by atoms with van der Waals surface area (Å²) in [5.74, 6) is 2.27. The average molecular weight is 334 g/mol. The Morgan fingerprint density at radius 1 is 1.09 bits per heavy atom. The topological polar surface area (TPSA) is 30.5 Å². The maximum absolute atomic E-state index is 5.94. The van der Waals surface area contributed by atoms with Crippen LogP contribution in [0.5, 0.6) is 11.5 Å². The third kappa shape index (κ3) is 6.03. The quantitative estimate of drug-likeness (QED) is 0.676. The van der Waals surface area contributed by atoms with Gasteiger partial charge in [0.15, 0.2) is 0 Å². The summed E-state index contributed by atoms with van der Waals surface area (Å²) in [4.78, 5) is 0. The molecule has 124 valence electrons. The van der Waals surface area contributed by atoms with Gasteiger partial charge < -0.3 is 14.8 Å². The first-order valence-electron chi connectivity index (χ1n) is 7.90. The van der Waals surface area contributed by atoms with E-state index in [4.69, 9.17) is 21.1 Å². The molecule has 0 saturated carbocycles. The maximum atomic E-state index is 5.94. The predicted octanol–water partition coefficient (Wildman–Crippen LogP) is 5.17. The second kappa shape index (κ2) is 8.68. The maximum Gasteiger partial charge on any atom is 0.122 e. The van der Waals surface area contributed by atoms with Gasteiger partial charge in [-0.25, -0.2) is 0 Å². The van der Waals surface area contributed by atoms with E-state index in [1.807, 2.05) is 49.4 Å². The molecule has 1 N–H and O–H groups in total. The van der Waals surface area contributed by atoms with E-state index in [1.54, 1.807) is 0 Å². The fraction of sp³-hybridized carbons (Fsp3) is 0.368. The summed E-state index contributed by atoms with van der Waals surface area (Å²) in [6.45, 7) is 8.29. The Morgan fingerprint density at radius 2 is 1.91 bits per heavy atom. The minimum Gasteiger partial charge on any atom is -0.493 e. The van der Waals surface area contributed by atoms with Gasteiger partial charge in [0.2, 0.25) is 0 Å². The van der Waals surface area contributed by atoms with Gasteiger partial charge in [-0.05, 0) is 48.7 Å². The first kappa shape index (κ1) is 17.5. The molecule has 3 nitrogen and oxygen atoms in total. The van der Waals surface area contributed by atoms with Crippen LogP contribution in [0.3, 0.4) is 0 Å². The molecule has 2 rings (SSSR count). The van der Waals surface area contributed by atoms with Crippen LogP contribution in [-0.2, 0) is 0 Å². The highest BCUT2D eigenvalue weighted by atomic mass is 35.5. The van der Waals surface area contributed by atoms with E-state index in [-0.39, 0.29) is 0 Å². The van der Waals surface area contributed by atoms with Crippen molar-refractivity contribution in [2.24, 2.45) is 5.92 Å². The van der Waals surface area contributed by atoms with Crippen LogP contribution in [0.4, 0.5) is 5.69 Å². The summed E-state index contributed by atoms with van der Waals surface area (Å²) < 4.78 is 11.5. The molecular formula is C19H24ClNO2. The van der Waals surface area contributed by atoms with Crippen LogP contribution in [0.1, 0.15) is 19.4 Å². The van der Waals surface area contributed by atoms with Crippen molar-refractivity contribution >= 4 is 17.3 Å². The molecule has 0 aliphatic heterocycles. The van der Waals surface area contributed by atoms with Crippen molar-refractivity contribution in [3.8, 4) is 11.5 Å².